The molecule has 3 atom stereocenters. The fourth-order valence-corrected chi connectivity index (χ4v) is 5.15. The van der Waals surface area contributed by atoms with Gasteiger partial charge in [-0.25, -0.2) is 0 Å². The fraction of sp³-hybridized carbons (Fsp3) is 0.222. The Morgan fingerprint density at radius 3 is 2.12 bits per heavy atom. The maximum Gasteiger partial charge on any atom is 0.322 e. The second-order valence-electron chi connectivity index (χ2n) is 8.48. The van der Waals surface area contributed by atoms with Crippen LogP contribution in [-0.2, 0) is 4.79 Å². The average molecular weight is 570 g/mol. The van der Waals surface area contributed by atoms with Gasteiger partial charge in [0.05, 0.1) is 0 Å². The number of hydrogen-bond donors (Lipinski definition) is 0. The van der Waals surface area contributed by atoms with E-state index in [1.54, 1.807) is 48.5 Å². The van der Waals surface area contributed by atoms with Crippen LogP contribution in [0.1, 0.15) is 46.0 Å². The first-order valence-electron chi connectivity index (χ1n) is 10.7. The highest BCUT2D eigenvalue weighted by atomic mass is 79.9. The Labute approximate surface area is 209 Å². The van der Waals surface area contributed by atoms with E-state index >= 15 is 0 Å². The average Bonchev–Trinajstić information content (AvgIpc) is 2.80. The molecule has 1 heterocycles. The summed E-state index contributed by atoms with van der Waals surface area (Å²) in [6.45, 7) is 3.89. The number of benzene rings is 3. The quantitative estimate of drug-likeness (QED) is 0.141. The number of rotatable bonds is 6. The zero-order valence-corrected chi connectivity index (χ0v) is 21.3. The van der Waals surface area contributed by atoms with Gasteiger partial charge in [0.15, 0.2) is 11.6 Å². The van der Waals surface area contributed by atoms with Gasteiger partial charge in [0.25, 0.3) is 0 Å². The van der Waals surface area contributed by atoms with Gasteiger partial charge in [0.2, 0.25) is 0 Å². The minimum Gasteiger partial charge on any atom is -0.426 e. The molecule has 0 bridgehead atoms. The molecule has 0 aromatic heterocycles. The topological polar surface area (TPSA) is 60.4 Å². The highest BCUT2D eigenvalue weighted by Gasteiger charge is 2.49. The molecule has 0 saturated carbocycles. The van der Waals surface area contributed by atoms with Crippen molar-refractivity contribution < 1.29 is 19.1 Å². The van der Waals surface area contributed by atoms with Crippen molar-refractivity contribution in [1.29, 1.82) is 0 Å². The van der Waals surface area contributed by atoms with Crippen molar-refractivity contribution in [3.8, 4) is 5.75 Å². The lowest BCUT2D eigenvalue weighted by Gasteiger charge is -2.37. The largest absolute Gasteiger partial charge is 0.426 e. The SMILES string of the molecule is CC(C)[C@H](C(=O)c1ccc(Br)cc1)[C@@H]1c2cc(Br)ccc2OC(=O)[C@@H]1C(=O)c1ccccc1. The summed E-state index contributed by atoms with van der Waals surface area (Å²) in [6, 6.07) is 21.2. The number of halogens is 2. The van der Waals surface area contributed by atoms with Crippen molar-refractivity contribution >= 4 is 49.4 Å². The molecule has 6 heteroatoms. The predicted octanol–water partition coefficient (Wildman–Crippen LogP) is 6.87. The molecule has 0 N–H and O–H groups in total. The number of ketones is 2. The van der Waals surface area contributed by atoms with E-state index in [0.717, 1.165) is 8.95 Å². The molecule has 3 aromatic carbocycles. The molecule has 0 aliphatic carbocycles. The van der Waals surface area contributed by atoms with Crippen LogP contribution in [0.25, 0.3) is 0 Å². The van der Waals surface area contributed by atoms with Crippen LogP contribution in [0.3, 0.4) is 0 Å². The van der Waals surface area contributed by atoms with Crippen LogP contribution in [-0.4, -0.2) is 17.5 Å². The molecule has 3 aromatic rings. The Bertz CT molecular complexity index is 1200. The second-order valence-corrected chi connectivity index (χ2v) is 10.3. The third-order valence-electron chi connectivity index (χ3n) is 6.03. The highest BCUT2D eigenvalue weighted by molar-refractivity contribution is 9.10. The number of esters is 1. The van der Waals surface area contributed by atoms with Crippen LogP contribution >= 0.6 is 31.9 Å². The van der Waals surface area contributed by atoms with E-state index in [4.69, 9.17) is 4.74 Å². The number of hydrogen-bond acceptors (Lipinski definition) is 4. The van der Waals surface area contributed by atoms with Gasteiger partial charge in [0, 0.05) is 37.5 Å². The van der Waals surface area contributed by atoms with Crippen molar-refractivity contribution in [1.82, 2.24) is 0 Å². The van der Waals surface area contributed by atoms with Crippen molar-refractivity contribution in [2.24, 2.45) is 17.8 Å². The summed E-state index contributed by atoms with van der Waals surface area (Å²) in [5, 5.41) is 0. The molecule has 0 radical (unpaired) electrons. The van der Waals surface area contributed by atoms with Crippen molar-refractivity contribution in [2.75, 3.05) is 0 Å². The lowest BCUT2D eigenvalue weighted by Crippen LogP contribution is -2.43. The van der Waals surface area contributed by atoms with E-state index in [1.165, 1.54) is 0 Å². The van der Waals surface area contributed by atoms with Gasteiger partial charge in [-0.15, -0.1) is 0 Å². The first-order valence-corrected chi connectivity index (χ1v) is 12.3. The first kappa shape index (κ1) is 23.6. The van der Waals surface area contributed by atoms with Gasteiger partial charge < -0.3 is 4.74 Å². The minimum absolute atomic E-state index is 0.103. The Morgan fingerprint density at radius 2 is 1.48 bits per heavy atom. The summed E-state index contributed by atoms with van der Waals surface area (Å²) in [6.07, 6.45) is 0. The summed E-state index contributed by atoms with van der Waals surface area (Å²) in [5.41, 5.74) is 1.64. The first-order chi connectivity index (χ1) is 15.8. The van der Waals surface area contributed by atoms with E-state index in [-0.39, 0.29) is 17.5 Å². The Balaban J connectivity index is 1.89. The summed E-state index contributed by atoms with van der Waals surface area (Å²) in [4.78, 5) is 40.7. The molecule has 33 heavy (non-hydrogen) atoms. The van der Waals surface area contributed by atoms with Gasteiger partial charge in [-0.3, -0.25) is 14.4 Å². The smallest absolute Gasteiger partial charge is 0.322 e. The fourth-order valence-electron chi connectivity index (χ4n) is 4.51. The van der Waals surface area contributed by atoms with Crippen molar-refractivity contribution in [2.45, 2.75) is 19.8 Å². The zero-order chi connectivity index (χ0) is 23.7. The molecule has 4 nitrogen and oxygen atoms in total. The number of Topliss-reactive ketones (excluding diaryl/α,β-unsaturated/α-hetero) is 2. The number of ether oxygens (including phenoxy) is 1. The lowest BCUT2D eigenvalue weighted by atomic mass is 9.66. The van der Waals surface area contributed by atoms with E-state index in [1.807, 2.05) is 38.1 Å². The van der Waals surface area contributed by atoms with Gasteiger partial charge >= 0.3 is 5.97 Å². The van der Waals surface area contributed by atoms with Gasteiger partial charge in [0.1, 0.15) is 11.7 Å². The predicted molar refractivity (Wildman–Crippen MR) is 134 cm³/mol. The van der Waals surface area contributed by atoms with Gasteiger partial charge in [-0.2, -0.15) is 0 Å². The molecule has 0 saturated heterocycles. The molecule has 0 unspecified atom stereocenters. The molecule has 0 spiro atoms. The highest BCUT2D eigenvalue weighted by Crippen LogP contribution is 2.47. The molecule has 168 valence electrons. The molecular weight excluding hydrogens is 548 g/mol. The van der Waals surface area contributed by atoms with Crippen LogP contribution in [0.4, 0.5) is 0 Å². The monoisotopic (exact) mass is 568 g/mol. The Kier molecular flexibility index (Phi) is 6.96. The maximum absolute atomic E-state index is 13.8. The van der Waals surface area contributed by atoms with E-state index < -0.39 is 23.7 Å². The van der Waals surface area contributed by atoms with Crippen molar-refractivity contribution in [3.05, 3.63) is 98.4 Å². The van der Waals surface area contributed by atoms with Gasteiger partial charge in [-0.1, -0.05) is 88.2 Å². The normalized spacial score (nSPS) is 18.4. The molecule has 1 aliphatic rings. The van der Waals surface area contributed by atoms with E-state index in [9.17, 15) is 14.4 Å². The number of fused-ring (bicyclic) bond motifs is 1. The number of carbonyl (C=O) groups is 3. The second kappa shape index (κ2) is 9.74. The molecule has 1 aliphatic heterocycles. The molecule has 4 rings (SSSR count). The third-order valence-corrected chi connectivity index (χ3v) is 7.05. The summed E-state index contributed by atoms with van der Waals surface area (Å²) >= 11 is 6.90. The standard InChI is InChI=1S/C27H22Br2O4/c1-15(2)22(25(30)17-8-10-18(28)11-9-17)23-20-14-19(29)12-13-21(20)33-27(32)24(23)26(31)16-6-4-3-5-7-16/h3-15,22-24H,1-2H3/t22-,23-,24-/m0/s1. The minimum atomic E-state index is -1.12. The van der Waals surface area contributed by atoms with Crippen LogP contribution in [0.2, 0.25) is 0 Å². The maximum atomic E-state index is 13.8. The van der Waals surface area contributed by atoms with Crippen LogP contribution in [0.15, 0.2) is 81.7 Å². The third kappa shape index (κ3) is 4.73. The summed E-state index contributed by atoms with van der Waals surface area (Å²) in [7, 11) is 0. The van der Waals surface area contributed by atoms with E-state index in [0.29, 0.717) is 22.4 Å². The van der Waals surface area contributed by atoms with Crippen LogP contribution in [0, 0.1) is 17.8 Å². The molecular formula is C27H22Br2O4. The van der Waals surface area contributed by atoms with E-state index in [2.05, 4.69) is 31.9 Å². The van der Waals surface area contributed by atoms with Gasteiger partial charge in [-0.05, 0) is 36.2 Å². The Morgan fingerprint density at radius 1 is 0.848 bits per heavy atom. The number of carbonyl (C=O) groups excluding carboxylic acids is 3. The lowest BCUT2D eigenvalue weighted by molar-refractivity contribution is -0.139. The van der Waals surface area contributed by atoms with Crippen LogP contribution < -0.4 is 4.74 Å². The zero-order valence-electron chi connectivity index (χ0n) is 18.1. The van der Waals surface area contributed by atoms with Crippen molar-refractivity contribution in [3.63, 3.8) is 0 Å². The van der Waals surface area contributed by atoms with Crippen LogP contribution in [0.5, 0.6) is 5.75 Å². The Hall–Kier alpha value is -2.57. The molecule has 0 fully saturated rings. The molecule has 0 amide bonds. The summed E-state index contributed by atoms with van der Waals surface area (Å²) < 4.78 is 7.26. The summed E-state index contributed by atoms with van der Waals surface area (Å²) in [5.74, 6) is -3.21.